The number of carbonyl (C=O) groups excluding carboxylic acids is 1. The van der Waals surface area contributed by atoms with E-state index in [2.05, 4.69) is 21.2 Å². The Hall–Kier alpha value is -2.29. The maximum Gasteiger partial charge on any atom is 0.266 e. The Morgan fingerprint density at radius 2 is 2.12 bits per heavy atom. The van der Waals surface area contributed by atoms with Crippen LogP contribution >= 0.6 is 27.5 Å². The molecule has 0 fully saturated rings. The van der Waals surface area contributed by atoms with E-state index in [0.29, 0.717) is 26.5 Å². The van der Waals surface area contributed by atoms with Gasteiger partial charge in [-0.1, -0.05) is 23.7 Å². The standard InChI is InChI=1S/C18H14BrClN2O2/c1-11-4-3-5-14(6-11)22-18(23)13(10-21)7-12-8-15(19)17(24-2)16(20)9-12/h3-9H,1-2H3,(H,22,23)/b13-7-. The van der Waals surface area contributed by atoms with Gasteiger partial charge in [0.1, 0.15) is 11.6 Å². The van der Waals surface area contributed by atoms with Crippen LogP contribution in [-0.4, -0.2) is 13.0 Å². The van der Waals surface area contributed by atoms with Crippen LogP contribution in [0.2, 0.25) is 5.02 Å². The molecule has 0 atom stereocenters. The topological polar surface area (TPSA) is 62.1 Å². The van der Waals surface area contributed by atoms with Crippen LogP contribution in [0.25, 0.3) is 6.08 Å². The number of hydrogen-bond donors (Lipinski definition) is 1. The van der Waals surface area contributed by atoms with E-state index in [4.69, 9.17) is 16.3 Å². The first-order valence-electron chi connectivity index (χ1n) is 6.97. The van der Waals surface area contributed by atoms with Gasteiger partial charge < -0.3 is 10.1 Å². The van der Waals surface area contributed by atoms with Gasteiger partial charge in [-0.25, -0.2) is 0 Å². The molecule has 24 heavy (non-hydrogen) atoms. The van der Waals surface area contributed by atoms with Crippen molar-refractivity contribution in [3.05, 3.63) is 62.6 Å². The van der Waals surface area contributed by atoms with E-state index in [0.717, 1.165) is 5.56 Å². The molecule has 1 N–H and O–H groups in total. The average Bonchev–Trinajstić information content (AvgIpc) is 2.52. The number of halogens is 2. The van der Waals surface area contributed by atoms with Crippen LogP contribution in [0, 0.1) is 18.3 Å². The molecular formula is C18H14BrClN2O2. The first-order chi connectivity index (χ1) is 11.4. The van der Waals surface area contributed by atoms with Crippen molar-refractivity contribution in [3.8, 4) is 11.8 Å². The molecular weight excluding hydrogens is 392 g/mol. The maximum absolute atomic E-state index is 12.3. The minimum absolute atomic E-state index is 0.0235. The summed E-state index contributed by atoms with van der Waals surface area (Å²) in [6, 6.07) is 12.6. The van der Waals surface area contributed by atoms with Crippen molar-refractivity contribution >= 4 is 45.2 Å². The highest BCUT2D eigenvalue weighted by molar-refractivity contribution is 9.10. The lowest BCUT2D eigenvalue weighted by Gasteiger charge is -2.08. The predicted octanol–water partition coefficient (Wildman–Crippen LogP) is 4.97. The van der Waals surface area contributed by atoms with E-state index in [1.807, 2.05) is 31.2 Å². The second-order valence-corrected chi connectivity index (χ2v) is 6.27. The molecule has 0 saturated carbocycles. The number of nitrogens with one attached hydrogen (secondary N) is 1. The number of carbonyl (C=O) groups is 1. The third-order valence-electron chi connectivity index (χ3n) is 3.18. The van der Waals surface area contributed by atoms with Crippen LogP contribution in [0.5, 0.6) is 5.75 Å². The molecule has 0 aliphatic heterocycles. The van der Waals surface area contributed by atoms with Gasteiger partial charge in [-0.15, -0.1) is 0 Å². The quantitative estimate of drug-likeness (QED) is 0.577. The van der Waals surface area contributed by atoms with Crippen LogP contribution < -0.4 is 10.1 Å². The van der Waals surface area contributed by atoms with Gasteiger partial charge in [0.05, 0.1) is 16.6 Å². The van der Waals surface area contributed by atoms with Gasteiger partial charge >= 0.3 is 0 Å². The Balaban J connectivity index is 2.29. The van der Waals surface area contributed by atoms with Crippen molar-refractivity contribution in [2.45, 2.75) is 6.92 Å². The van der Waals surface area contributed by atoms with Crippen LogP contribution in [0.1, 0.15) is 11.1 Å². The molecule has 0 bridgehead atoms. The van der Waals surface area contributed by atoms with Crippen LogP contribution in [0.4, 0.5) is 5.69 Å². The van der Waals surface area contributed by atoms with E-state index in [-0.39, 0.29) is 5.57 Å². The van der Waals surface area contributed by atoms with E-state index in [1.54, 1.807) is 18.2 Å². The molecule has 0 aliphatic rings. The molecule has 2 aromatic carbocycles. The minimum Gasteiger partial charge on any atom is -0.494 e. The summed E-state index contributed by atoms with van der Waals surface area (Å²) in [4.78, 5) is 12.3. The normalized spacial score (nSPS) is 10.9. The van der Waals surface area contributed by atoms with E-state index in [9.17, 15) is 10.1 Å². The van der Waals surface area contributed by atoms with Gasteiger partial charge in [-0.2, -0.15) is 5.26 Å². The van der Waals surface area contributed by atoms with E-state index in [1.165, 1.54) is 13.2 Å². The van der Waals surface area contributed by atoms with Gasteiger partial charge in [0, 0.05) is 5.69 Å². The largest absolute Gasteiger partial charge is 0.494 e. The van der Waals surface area contributed by atoms with Crippen molar-refractivity contribution < 1.29 is 9.53 Å². The molecule has 0 unspecified atom stereocenters. The highest BCUT2D eigenvalue weighted by Gasteiger charge is 2.12. The molecule has 1 amide bonds. The zero-order chi connectivity index (χ0) is 17.7. The fourth-order valence-corrected chi connectivity index (χ4v) is 3.15. The number of methoxy groups -OCH3 is 1. The molecule has 2 rings (SSSR count). The van der Waals surface area contributed by atoms with Crippen molar-refractivity contribution in [3.63, 3.8) is 0 Å². The Bertz CT molecular complexity index is 833. The molecule has 4 nitrogen and oxygen atoms in total. The van der Waals surface area contributed by atoms with Gasteiger partial charge in [-0.05, 0) is 64.3 Å². The second-order valence-electron chi connectivity index (χ2n) is 5.01. The molecule has 122 valence electrons. The molecule has 0 aliphatic carbocycles. The summed E-state index contributed by atoms with van der Waals surface area (Å²) in [5.74, 6) is 0.0164. The van der Waals surface area contributed by atoms with Crippen molar-refractivity contribution in [2.24, 2.45) is 0 Å². The summed E-state index contributed by atoms with van der Waals surface area (Å²) in [6.45, 7) is 1.92. The minimum atomic E-state index is -0.480. The SMILES string of the molecule is COc1c(Cl)cc(/C=C(/C#N)C(=O)Nc2cccc(C)c2)cc1Br. The molecule has 2 aromatic rings. The molecule has 0 heterocycles. The maximum atomic E-state index is 12.3. The predicted molar refractivity (Wildman–Crippen MR) is 99.1 cm³/mol. The zero-order valence-electron chi connectivity index (χ0n) is 13.1. The number of ether oxygens (including phenoxy) is 1. The fraction of sp³-hybridized carbons (Fsp3) is 0.111. The van der Waals surface area contributed by atoms with Crippen LogP contribution in [0.3, 0.4) is 0 Å². The number of amides is 1. The zero-order valence-corrected chi connectivity index (χ0v) is 15.4. The van der Waals surface area contributed by atoms with Gasteiger partial charge in [0.2, 0.25) is 0 Å². The molecule has 0 aromatic heterocycles. The summed E-state index contributed by atoms with van der Waals surface area (Å²) in [5, 5.41) is 12.4. The highest BCUT2D eigenvalue weighted by Crippen LogP contribution is 2.34. The van der Waals surface area contributed by atoms with Gasteiger partial charge in [-0.3, -0.25) is 4.79 Å². The third-order valence-corrected chi connectivity index (χ3v) is 4.05. The lowest BCUT2D eigenvalue weighted by atomic mass is 10.1. The van der Waals surface area contributed by atoms with Crippen LogP contribution in [-0.2, 0) is 4.79 Å². The fourth-order valence-electron chi connectivity index (χ4n) is 2.09. The summed E-state index contributed by atoms with van der Waals surface area (Å²) in [5.41, 5.74) is 2.24. The Kier molecular flexibility index (Phi) is 6.02. The third kappa shape index (κ3) is 4.38. The molecule has 6 heteroatoms. The number of benzene rings is 2. The monoisotopic (exact) mass is 404 g/mol. The number of rotatable bonds is 4. The van der Waals surface area contributed by atoms with Gasteiger partial charge in [0.15, 0.2) is 5.75 Å². The van der Waals surface area contributed by atoms with Crippen molar-refractivity contribution in [2.75, 3.05) is 12.4 Å². The summed E-state index contributed by atoms with van der Waals surface area (Å²) < 4.78 is 5.79. The number of anilines is 1. The van der Waals surface area contributed by atoms with Crippen molar-refractivity contribution in [1.29, 1.82) is 5.26 Å². The summed E-state index contributed by atoms with van der Waals surface area (Å²) >= 11 is 9.47. The first kappa shape index (κ1) is 18.1. The summed E-state index contributed by atoms with van der Waals surface area (Å²) in [7, 11) is 1.51. The lowest BCUT2D eigenvalue weighted by molar-refractivity contribution is -0.112. The Labute approximate surface area is 153 Å². The van der Waals surface area contributed by atoms with Gasteiger partial charge in [0.25, 0.3) is 5.91 Å². The Morgan fingerprint density at radius 3 is 2.71 bits per heavy atom. The summed E-state index contributed by atoms with van der Waals surface area (Å²) in [6.07, 6.45) is 1.47. The second kappa shape index (κ2) is 8.00. The van der Waals surface area contributed by atoms with E-state index >= 15 is 0 Å². The number of nitrogens with zero attached hydrogens (tertiary/aromatic N) is 1. The number of hydrogen-bond acceptors (Lipinski definition) is 3. The lowest BCUT2D eigenvalue weighted by Crippen LogP contribution is -2.13. The number of aryl methyl sites for hydroxylation is 1. The van der Waals surface area contributed by atoms with Crippen LogP contribution in [0.15, 0.2) is 46.4 Å². The smallest absolute Gasteiger partial charge is 0.266 e. The first-order valence-corrected chi connectivity index (χ1v) is 8.14. The highest BCUT2D eigenvalue weighted by atomic mass is 79.9. The van der Waals surface area contributed by atoms with E-state index < -0.39 is 5.91 Å². The van der Waals surface area contributed by atoms with Crippen molar-refractivity contribution in [1.82, 2.24) is 0 Å². The molecule has 0 spiro atoms. The molecule has 0 radical (unpaired) electrons. The average molecular weight is 406 g/mol. The number of nitriles is 1. The molecule has 0 saturated heterocycles. The Morgan fingerprint density at radius 1 is 1.38 bits per heavy atom.